The first-order chi connectivity index (χ1) is 7.46. The lowest BCUT2D eigenvalue weighted by molar-refractivity contribution is -0.0328. The summed E-state index contributed by atoms with van der Waals surface area (Å²) >= 11 is -0.0956. The third-order valence-corrected chi connectivity index (χ3v) is 3.37. The standard InChI is InChI=1S/C11H12F3NS/c12-11(13,14)16-9-5-3-8(4-6-9)10(15)7-1-2-7/h3-7,10H,1-2,15H2/t10-/m1/s1. The molecule has 1 saturated carbocycles. The third-order valence-electron chi connectivity index (χ3n) is 2.63. The zero-order valence-electron chi connectivity index (χ0n) is 8.50. The molecule has 0 heterocycles. The van der Waals surface area contributed by atoms with E-state index in [4.69, 9.17) is 5.73 Å². The molecule has 0 spiro atoms. The molecule has 0 saturated heterocycles. The average Bonchev–Trinajstić information content (AvgIpc) is 2.98. The highest BCUT2D eigenvalue weighted by Gasteiger charge is 2.31. The van der Waals surface area contributed by atoms with Gasteiger partial charge in [0.25, 0.3) is 0 Å². The second-order valence-electron chi connectivity index (χ2n) is 3.98. The van der Waals surface area contributed by atoms with Crippen LogP contribution in [0.3, 0.4) is 0 Å². The Kier molecular flexibility index (Phi) is 3.17. The Hall–Kier alpha value is -0.680. The highest BCUT2D eigenvalue weighted by atomic mass is 32.2. The third kappa shape index (κ3) is 3.15. The van der Waals surface area contributed by atoms with Crippen molar-refractivity contribution in [1.29, 1.82) is 0 Å². The molecule has 2 rings (SSSR count). The molecule has 1 aliphatic carbocycles. The van der Waals surface area contributed by atoms with Crippen LogP contribution in [0.4, 0.5) is 13.2 Å². The summed E-state index contributed by atoms with van der Waals surface area (Å²) in [5.41, 5.74) is 2.65. The van der Waals surface area contributed by atoms with Crippen molar-refractivity contribution in [1.82, 2.24) is 0 Å². The van der Waals surface area contributed by atoms with Crippen molar-refractivity contribution >= 4 is 11.8 Å². The van der Waals surface area contributed by atoms with Crippen LogP contribution >= 0.6 is 11.8 Å². The molecule has 0 amide bonds. The fraction of sp³-hybridized carbons (Fsp3) is 0.455. The molecule has 16 heavy (non-hydrogen) atoms. The molecule has 88 valence electrons. The van der Waals surface area contributed by atoms with Gasteiger partial charge in [-0.25, -0.2) is 0 Å². The lowest BCUT2D eigenvalue weighted by Gasteiger charge is -2.11. The topological polar surface area (TPSA) is 26.0 Å². The minimum atomic E-state index is -4.22. The SMILES string of the molecule is N[C@@H](c1ccc(SC(F)(F)F)cc1)C1CC1. The van der Waals surface area contributed by atoms with E-state index < -0.39 is 5.51 Å². The Morgan fingerprint density at radius 1 is 1.19 bits per heavy atom. The summed E-state index contributed by atoms with van der Waals surface area (Å²) in [6, 6.07) is 6.32. The van der Waals surface area contributed by atoms with Gasteiger partial charge in [-0.15, -0.1) is 0 Å². The van der Waals surface area contributed by atoms with Gasteiger partial charge in [0.1, 0.15) is 0 Å². The molecule has 0 bridgehead atoms. The molecule has 0 aromatic heterocycles. The minimum Gasteiger partial charge on any atom is -0.324 e. The van der Waals surface area contributed by atoms with Gasteiger partial charge in [0, 0.05) is 10.9 Å². The molecule has 0 radical (unpaired) electrons. The van der Waals surface area contributed by atoms with Gasteiger partial charge in [-0.3, -0.25) is 0 Å². The van der Waals surface area contributed by atoms with Crippen molar-refractivity contribution in [2.75, 3.05) is 0 Å². The van der Waals surface area contributed by atoms with E-state index in [1.165, 1.54) is 12.1 Å². The van der Waals surface area contributed by atoms with Crippen molar-refractivity contribution < 1.29 is 13.2 Å². The van der Waals surface area contributed by atoms with Crippen LogP contribution in [0.5, 0.6) is 0 Å². The molecule has 0 aliphatic heterocycles. The maximum atomic E-state index is 12.1. The van der Waals surface area contributed by atoms with Crippen molar-refractivity contribution in [2.24, 2.45) is 11.7 Å². The maximum absolute atomic E-state index is 12.1. The first-order valence-electron chi connectivity index (χ1n) is 5.07. The van der Waals surface area contributed by atoms with Gasteiger partial charge in [-0.1, -0.05) is 12.1 Å². The first-order valence-corrected chi connectivity index (χ1v) is 5.88. The van der Waals surface area contributed by atoms with E-state index >= 15 is 0 Å². The van der Waals surface area contributed by atoms with E-state index in [1.807, 2.05) is 0 Å². The van der Waals surface area contributed by atoms with Gasteiger partial charge < -0.3 is 5.73 Å². The zero-order chi connectivity index (χ0) is 11.8. The summed E-state index contributed by atoms with van der Waals surface area (Å²) in [4.78, 5) is 0.208. The molecule has 1 aromatic carbocycles. The van der Waals surface area contributed by atoms with Crippen LogP contribution < -0.4 is 5.73 Å². The second kappa shape index (κ2) is 4.30. The first kappa shape index (κ1) is 11.8. The lowest BCUT2D eigenvalue weighted by atomic mass is 10.0. The van der Waals surface area contributed by atoms with E-state index in [9.17, 15) is 13.2 Å². The predicted octanol–water partition coefficient (Wildman–Crippen LogP) is 3.71. The van der Waals surface area contributed by atoms with E-state index in [-0.39, 0.29) is 22.7 Å². The fourth-order valence-corrected chi connectivity index (χ4v) is 2.16. The number of alkyl halides is 3. The monoisotopic (exact) mass is 247 g/mol. The van der Waals surface area contributed by atoms with Crippen LogP contribution in [0.1, 0.15) is 24.4 Å². The number of halogens is 3. The van der Waals surface area contributed by atoms with Crippen LogP contribution in [-0.2, 0) is 0 Å². The van der Waals surface area contributed by atoms with Gasteiger partial charge in [0.15, 0.2) is 0 Å². The second-order valence-corrected chi connectivity index (χ2v) is 5.12. The van der Waals surface area contributed by atoms with E-state index in [1.54, 1.807) is 12.1 Å². The minimum absolute atomic E-state index is 0.0232. The lowest BCUT2D eigenvalue weighted by Crippen LogP contribution is -2.12. The highest BCUT2D eigenvalue weighted by Crippen LogP contribution is 2.41. The molecule has 5 heteroatoms. The van der Waals surface area contributed by atoms with Gasteiger partial charge in [-0.2, -0.15) is 13.2 Å². The molecular weight excluding hydrogens is 235 g/mol. The van der Waals surface area contributed by atoms with Crippen LogP contribution in [0.2, 0.25) is 0 Å². The maximum Gasteiger partial charge on any atom is 0.446 e. The summed E-state index contributed by atoms with van der Waals surface area (Å²) in [5, 5.41) is 0. The Labute approximate surface area is 96.2 Å². The van der Waals surface area contributed by atoms with Gasteiger partial charge in [0.05, 0.1) is 0 Å². The smallest absolute Gasteiger partial charge is 0.324 e. The van der Waals surface area contributed by atoms with E-state index in [0.717, 1.165) is 18.4 Å². The van der Waals surface area contributed by atoms with E-state index in [2.05, 4.69) is 0 Å². The molecule has 0 unspecified atom stereocenters. The zero-order valence-corrected chi connectivity index (χ0v) is 9.31. The summed E-state index contributed by atoms with van der Waals surface area (Å²) in [5.74, 6) is 0.515. The molecule has 1 fully saturated rings. The van der Waals surface area contributed by atoms with Crippen LogP contribution in [0, 0.1) is 5.92 Å². The van der Waals surface area contributed by atoms with Gasteiger partial charge in [-0.05, 0) is 48.2 Å². The molecule has 1 atom stereocenters. The van der Waals surface area contributed by atoms with Crippen molar-refractivity contribution in [3.8, 4) is 0 Å². The van der Waals surface area contributed by atoms with E-state index in [0.29, 0.717) is 5.92 Å². The largest absolute Gasteiger partial charge is 0.446 e. The van der Waals surface area contributed by atoms with Crippen LogP contribution in [-0.4, -0.2) is 5.51 Å². The molecule has 2 N–H and O–H groups in total. The summed E-state index contributed by atoms with van der Waals surface area (Å²) in [7, 11) is 0. The number of rotatable bonds is 3. The summed E-state index contributed by atoms with van der Waals surface area (Å²) in [6.07, 6.45) is 2.25. The Bertz CT molecular complexity index is 356. The quantitative estimate of drug-likeness (QED) is 0.824. The average molecular weight is 247 g/mol. The molecule has 1 aliphatic rings. The molecule has 1 nitrogen and oxygen atoms in total. The summed E-state index contributed by atoms with van der Waals surface area (Å²) < 4.78 is 36.2. The number of hydrogen-bond donors (Lipinski definition) is 1. The van der Waals surface area contributed by atoms with Gasteiger partial charge >= 0.3 is 5.51 Å². The molecular formula is C11H12F3NS. The molecule has 1 aromatic rings. The fourth-order valence-electron chi connectivity index (χ4n) is 1.62. The normalized spacial score (nSPS) is 18.5. The Morgan fingerprint density at radius 3 is 2.19 bits per heavy atom. The van der Waals surface area contributed by atoms with Crippen LogP contribution in [0.15, 0.2) is 29.2 Å². The number of hydrogen-bond acceptors (Lipinski definition) is 2. The van der Waals surface area contributed by atoms with Crippen molar-refractivity contribution in [3.05, 3.63) is 29.8 Å². The van der Waals surface area contributed by atoms with Gasteiger partial charge in [0.2, 0.25) is 0 Å². The Morgan fingerprint density at radius 2 is 1.75 bits per heavy atom. The predicted molar refractivity (Wildman–Crippen MR) is 58.0 cm³/mol. The number of nitrogens with two attached hydrogens (primary N) is 1. The Balaban J connectivity index is 2.04. The highest BCUT2D eigenvalue weighted by molar-refractivity contribution is 8.00. The van der Waals surface area contributed by atoms with Crippen molar-refractivity contribution in [3.63, 3.8) is 0 Å². The van der Waals surface area contributed by atoms with Crippen molar-refractivity contribution in [2.45, 2.75) is 29.3 Å². The summed E-state index contributed by atoms with van der Waals surface area (Å²) in [6.45, 7) is 0. The number of benzene rings is 1. The number of thioether (sulfide) groups is 1. The van der Waals surface area contributed by atoms with Crippen LogP contribution in [0.25, 0.3) is 0 Å².